The molecule has 0 spiro atoms. The minimum absolute atomic E-state index is 0.0820. The number of halogens is 2. The van der Waals surface area contributed by atoms with Gasteiger partial charge in [0, 0.05) is 11.1 Å². The number of carbonyl (C=O) groups excluding carboxylic acids is 1. The summed E-state index contributed by atoms with van der Waals surface area (Å²) in [4.78, 5) is 12.7. The average molecular weight is 358 g/mol. The molecule has 106 valence electrons. The summed E-state index contributed by atoms with van der Waals surface area (Å²) in [5.74, 6) is 0.294. The molecule has 0 radical (unpaired) electrons. The fourth-order valence-corrected chi connectivity index (χ4v) is 2.54. The number of rotatable bonds is 4. The largest absolute Gasteiger partial charge is 0.496 e. The lowest BCUT2D eigenvalue weighted by Gasteiger charge is -2.12. The zero-order valence-corrected chi connectivity index (χ0v) is 13.7. The molecular weight excluding hydrogens is 344 g/mol. The molecule has 0 atom stereocenters. The van der Waals surface area contributed by atoms with Crippen LogP contribution in [-0.2, 0) is 0 Å². The predicted octanol–water partition coefficient (Wildman–Crippen LogP) is 4.12. The first kappa shape index (κ1) is 15.1. The molecule has 0 amide bonds. The fraction of sp³-hybridized carbons (Fsp3) is 0.286. The summed E-state index contributed by atoms with van der Waals surface area (Å²) in [6.07, 6.45) is 1.62. The molecule has 0 saturated heterocycles. The van der Waals surface area contributed by atoms with Gasteiger partial charge in [-0.25, -0.2) is 0 Å². The third-order valence-corrected chi connectivity index (χ3v) is 3.68. The summed E-state index contributed by atoms with van der Waals surface area (Å²) in [5.41, 5.74) is 0.959. The molecule has 6 heteroatoms. The lowest BCUT2D eigenvalue weighted by Crippen LogP contribution is -2.14. The van der Waals surface area contributed by atoms with E-state index < -0.39 is 0 Å². The van der Waals surface area contributed by atoms with Crippen LogP contribution in [0.4, 0.5) is 0 Å². The molecule has 2 rings (SSSR count). The Morgan fingerprint density at radius 2 is 2.15 bits per heavy atom. The lowest BCUT2D eigenvalue weighted by atomic mass is 10.1. The van der Waals surface area contributed by atoms with E-state index in [4.69, 9.17) is 16.3 Å². The van der Waals surface area contributed by atoms with E-state index >= 15 is 0 Å². The van der Waals surface area contributed by atoms with E-state index in [0.717, 1.165) is 0 Å². The van der Waals surface area contributed by atoms with Crippen LogP contribution < -0.4 is 4.74 Å². The third-order valence-electron chi connectivity index (χ3n) is 2.86. The normalized spacial score (nSPS) is 10.9. The van der Waals surface area contributed by atoms with Gasteiger partial charge in [0.25, 0.3) is 0 Å². The highest BCUT2D eigenvalue weighted by atomic mass is 79.9. The molecule has 0 unspecified atom stereocenters. The van der Waals surface area contributed by atoms with Crippen molar-refractivity contribution in [2.75, 3.05) is 7.11 Å². The van der Waals surface area contributed by atoms with Gasteiger partial charge in [-0.2, -0.15) is 5.10 Å². The van der Waals surface area contributed by atoms with Gasteiger partial charge in [0.15, 0.2) is 0 Å². The molecule has 2 aromatic rings. The van der Waals surface area contributed by atoms with Gasteiger partial charge in [-0.3, -0.25) is 9.48 Å². The first-order chi connectivity index (χ1) is 9.45. The maximum atomic E-state index is 12.7. The monoisotopic (exact) mass is 356 g/mol. The Morgan fingerprint density at radius 1 is 1.45 bits per heavy atom. The maximum Gasteiger partial charge on any atom is 0.215 e. The van der Waals surface area contributed by atoms with Crippen LogP contribution in [0.2, 0.25) is 5.02 Å². The van der Waals surface area contributed by atoms with Gasteiger partial charge < -0.3 is 4.74 Å². The van der Waals surface area contributed by atoms with Crippen LogP contribution in [0.1, 0.15) is 35.9 Å². The van der Waals surface area contributed by atoms with Crippen molar-refractivity contribution in [1.29, 1.82) is 0 Å². The van der Waals surface area contributed by atoms with Crippen molar-refractivity contribution in [3.63, 3.8) is 0 Å². The van der Waals surface area contributed by atoms with E-state index in [-0.39, 0.29) is 11.8 Å². The number of ether oxygens (including phenoxy) is 1. The van der Waals surface area contributed by atoms with Crippen LogP contribution in [0.5, 0.6) is 5.75 Å². The van der Waals surface area contributed by atoms with Gasteiger partial charge in [0.2, 0.25) is 5.78 Å². The molecule has 1 aromatic heterocycles. The van der Waals surface area contributed by atoms with Gasteiger partial charge in [0.1, 0.15) is 11.4 Å². The van der Waals surface area contributed by atoms with Crippen molar-refractivity contribution in [3.05, 3.63) is 45.1 Å². The minimum Gasteiger partial charge on any atom is -0.496 e. The number of ketones is 1. The Hall–Kier alpha value is -1.33. The van der Waals surface area contributed by atoms with E-state index in [2.05, 4.69) is 21.0 Å². The van der Waals surface area contributed by atoms with Crippen LogP contribution in [0.15, 0.2) is 28.9 Å². The molecule has 4 nitrogen and oxygen atoms in total. The molecule has 1 aromatic carbocycles. The van der Waals surface area contributed by atoms with Gasteiger partial charge in [-0.1, -0.05) is 11.6 Å². The quantitative estimate of drug-likeness (QED) is 0.773. The first-order valence-electron chi connectivity index (χ1n) is 6.07. The van der Waals surface area contributed by atoms with Gasteiger partial charge in [-0.05, 0) is 48.0 Å². The van der Waals surface area contributed by atoms with Gasteiger partial charge in [-0.15, -0.1) is 0 Å². The molecule has 0 aliphatic heterocycles. The maximum absolute atomic E-state index is 12.7. The predicted molar refractivity (Wildman–Crippen MR) is 81.7 cm³/mol. The molecule has 0 aliphatic carbocycles. The highest BCUT2D eigenvalue weighted by molar-refractivity contribution is 9.10. The molecule has 20 heavy (non-hydrogen) atoms. The van der Waals surface area contributed by atoms with E-state index in [1.807, 2.05) is 13.8 Å². The summed E-state index contributed by atoms with van der Waals surface area (Å²) in [5, 5.41) is 4.74. The van der Waals surface area contributed by atoms with Crippen LogP contribution >= 0.6 is 27.5 Å². The van der Waals surface area contributed by atoms with Crippen molar-refractivity contribution in [2.24, 2.45) is 0 Å². The standard InChI is InChI=1S/C14H14BrClN2O2/c1-8(2)18-13(11(15)7-17-18)14(19)10-5-4-9(16)6-12(10)20-3/h4-8H,1-3H3. The number of carbonyl (C=O) groups is 1. The molecule has 1 heterocycles. The summed E-state index contributed by atoms with van der Waals surface area (Å²) in [6.45, 7) is 3.94. The Balaban J connectivity index is 2.55. The second-order valence-corrected chi connectivity index (χ2v) is 5.84. The number of hydrogen-bond donors (Lipinski definition) is 0. The van der Waals surface area contributed by atoms with Crippen LogP contribution in [0, 0.1) is 0 Å². The second kappa shape index (κ2) is 5.97. The Bertz CT molecular complexity index is 653. The number of benzene rings is 1. The highest BCUT2D eigenvalue weighted by Gasteiger charge is 2.23. The van der Waals surface area contributed by atoms with Crippen LogP contribution in [0.25, 0.3) is 0 Å². The summed E-state index contributed by atoms with van der Waals surface area (Å²) >= 11 is 9.29. The van der Waals surface area contributed by atoms with Crippen molar-refractivity contribution in [2.45, 2.75) is 19.9 Å². The summed E-state index contributed by atoms with van der Waals surface area (Å²) in [6, 6.07) is 5.03. The Labute approximate surface area is 130 Å². The average Bonchev–Trinajstić information content (AvgIpc) is 2.79. The van der Waals surface area contributed by atoms with Gasteiger partial charge >= 0.3 is 0 Å². The lowest BCUT2D eigenvalue weighted by molar-refractivity contribution is 0.102. The smallest absolute Gasteiger partial charge is 0.215 e. The molecule has 0 N–H and O–H groups in total. The Morgan fingerprint density at radius 3 is 2.75 bits per heavy atom. The number of hydrogen-bond acceptors (Lipinski definition) is 3. The molecule has 0 aliphatic rings. The SMILES string of the molecule is COc1cc(Cl)ccc1C(=O)c1c(Br)cnn1C(C)C. The topological polar surface area (TPSA) is 44.1 Å². The van der Waals surface area contributed by atoms with Crippen molar-refractivity contribution < 1.29 is 9.53 Å². The second-order valence-electron chi connectivity index (χ2n) is 4.55. The molecule has 0 saturated carbocycles. The molecular formula is C14H14BrClN2O2. The number of methoxy groups -OCH3 is 1. The van der Waals surface area contributed by atoms with Crippen molar-refractivity contribution >= 4 is 33.3 Å². The van der Waals surface area contributed by atoms with Crippen molar-refractivity contribution in [1.82, 2.24) is 9.78 Å². The first-order valence-corrected chi connectivity index (χ1v) is 7.24. The van der Waals surface area contributed by atoms with E-state index in [1.165, 1.54) is 7.11 Å². The number of nitrogens with zero attached hydrogens (tertiary/aromatic N) is 2. The molecule has 0 bridgehead atoms. The van der Waals surface area contributed by atoms with Gasteiger partial charge in [0.05, 0.1) is 23.3 Å². The van der Waals surface area contributed by atoms with Crippen LogP contribution in [0.3, 0.4) is 0 Å². The molecule has 0 fully saturated rings. The van der Waals surface area contributed by atoms with E-state index in [9.17, 15) is 4.79 Å². The Kier molecular flexibility index (Phi) is 4.50. The minimum atomic E-state index is -0.156. The summed E-state index contributed by atoms with van der Waals surface area (Å²) < 4.78 is 7.58. The highest BCUT2D eigenvalue weighted by Crippen LogP contribution is 2.29. The van der Waals surface area contributed by atoms with Crippen LogP contribution in [-0.4, -0.2) is 22.7 Å². The van der Waals surface area contributed by atoms with E-state index in [1.54, 1.807) is 29.1 Å². The summed E-state index contributed by atoms with van der Waals surface area (Å²) in [7, 11) is 1.51. The zero-order chi connectivity index (χ0) is 14.9. The third kappa shape index (κ3) is 2.74. The van der Waals surface area contributed by atoms with Crippen molar-refractivity contribution in [3.8, 4) is 5.75 Å². The fourth-order valence-electron chi connectivity index (χ4n) is 1.93. The number of aromatic nitrogens is 2. The van der Waals surface area contributed by atoms with E-state index in [0.29, 0.717) is 26.5 Å². The zero-order valence-electron chi connectivity index (χ0n) is 11.4.